The standard InChI is InChI=1S/C13H19N3O3/c1-2-5-14-6-8-15(9-7-14)11-3-4-12(16(18)19)13(17)10-11/h3-4,10,17H,2,5-9H2,1H3. The summed E-state index contributed by atoms with van der Waals surface area (Å²) in [6.07, 6.45) is 1.15. The average Bonchev–Trinajstić information content (AvgIpc) is 2.39. The lowest BCUT2D eigenvalue weighted by Gasteiger charge is -2.35. The van der Waals surface area contributed by atoms with Crippen LogP contribution >= 0.6 is 0 Å². The van der Waals surface area contributed by atoms with Crippen LogP contribution in [0.1, 0.15) is 13.3 Å². The van der Waals surface area contributed by atoms with Gasteiger partial charge in [0.15, 0.2) is 5.75 Å². The summed E-state index contributed by atoms with van der Waals surface area (Å²) >= 11 is 0. The van der Waals surface area contributed by atoms with Crippen LogP contribution in [0.4, 0.5) is 11.4 Å². The van der Waals surface area contributed by atoms with Gasteiger partial charge in [0, 0.05) is 44.0 Å². The molecule has 0 atom stereocenters. The maximum absolute atomic E-state index is 10.6. The average molecular weight is 265 g/mol. The van der Waals surface area contributed by atoms with Gasteiger partial charge in [-0.25, -0.2) is 0 Å². The van der Waals surface area contributed by atoms with Crippen LogP contribution in [0.2, 0.25) is 0 Å². The molecule has 2 rings (SSSR count). The molecule has 6 heteroatoms. The second kappa shape index (κ2) is 5.88. The molecule has 1 heterocycles. The van der Waals surface area contributed by atoms with E-state index in [1.54, 1.807) is 6.07 Å². The maximum Gasteiger partial charge on any atom is 0.310 e. The number of benzene rings is 1. The molecule has 0 bridgehead atoms. The molecular formula is C13H19N3O3. The first-order chi connectivity index (χ1) is 9.11. The monoisotopic (exact) mass is 265 g/mol. The number of phenolic OH excluding ortho intramolecular Hbond substituents is 1. The third kappa shape index (κ3) is 3.14. The zero-order valence-corrected chi connectivity index (χ0v) is 11.1. The highest BCUT2D eigenvalue weighted by atomic mass is 16.6. The second-order valence-corrected chi connectivity index (χ2v) is 4.76. The summed E-state index contributed by atoms with van der Waals surface area (Å²) < 4.78 is 0. The van der Waals surface area contributed by atoms with E-state index < -0.39 is 4.92 Å². The van der Waals surface area contributed by atoms with Crippen molar-refractivity contribution in [3.8, 4) is 5.75 Å². The van der Waals surface area contributed by atoms with Crippen molar-refractivity contribution in [3.05, 3.63) is 28.3 Å². The molecule has 0 aliphatic carbocycles. The zero-order valence-electron chi connectivity index (χ0n) is 11.1. The van der Waals surface area contributed by atoms with Gasteiger partial charge < -0.3 is 10.0 Å². The molecule has 0 spiro atoms. The van der Waals surface area contributed by atoms with Crippen molar-refractivity contribution in [1.29, 1.82) is 0 Å². The first-order valence-electron chi connectivity index (χ1n) is 6.56. The number of hydrogen-bond acceptors (Lipinski definition) is 5. The third-order valence-corrected chi connectivity index (χ3v) is 3.43. The first-order valence-corrected chi connectivity index (χ1v) is 6.56. The zero-order chi connectivity index (χ0) is 13.8. The molecule has 0 saturated carbocycles. The number of rotatable bonds is 4. The summed E-state index contributed by atoms with van der Waals surface area (Å²) in [6, 6.07) is 4.55. The molecule has 6 nitrogen and oxygen atoms in total. The number of phenols is 1. The van der Waals surface area contributed by atoms with Crippen LogP contribution in [0, 0.1) is 10.1 Å². The summed E-state index contributed by atoms with van der Waals surface area (Å²) in [5.41, 5.74) is 0.604. The quantitative estimate of drug-likeness (QED) is 0.664. The summed E-state index contributed by atoms with van der Waals surface area (Å²) in [7, 11) is 0. The Morgan fingerprint density at radius 3 is 2.53 bits per heavy atom. The summed E-state index contributed by atoms with van der Waals surface area (Å²) in [6.45, 7) is 7.03. The molecule has 1 saturated heterocycles. The number of anilines is 1. The van der Waals surface area contributed by atoms with E-state index in [9.17, 15) is 15.2 Å². The fourth-order valence-electron chi connectivity index (χ4n) is 2.41. The SMILES string of the molecule is CCCN1CCN(c2ccc([N+](=O)[O-])c(O)c2)CC1. The number of piperazine rings is 1. The minimum atomic E-state index is -0.571. The molecule has 1 N–H and O–H groups in total. The molecule has 0 unspecified atom stereocenters. The Balaban J connectivity index is 2.04. The van der Waals surface area contributed by atoms with Gasteiger partial charge in [0.25, 0.3) is 0 Å². The predicted molar refractivity (Wildman–Crippen MR) is 73.7 cm³/mol. The minimum Gasteiger partial charge on any atom is -0.502 e. The van der Waals surface area contributed by atoms with E-state index in [0.29, 0.717) is 0 Å². The van der Waals surface area contributed by atoms with Crippen molar-refractivity contribution in [2.75, 3.05) is 37.6 Å². The third-order valence-electron chi connectivity index (χ3n) is 3.43. The normalized spacial score (nSPS) is 16.6. The Hall–Kier alpha value is -1.82. The van der Waals surface area contributed by atoms with Gasteiger partial charge in [-0.3, -0.25) is 15.0 Å². The van der Waals surface area contributed by atoms with Crippen LogP contribution in [0.15, 0.2) is 18.2 Å². The number of aromatic hydroxyl groups is 1. The molecule has 1 aromatic carbocycles. The topological polar surface area (TPSA) is 69.9 Å². The van der Waals surface area contributed by atoms with E-state index in [1.807, 2.05) is 0 Å². The molecule has 0 amide bonds. The summed E-state index contributed by atoms with van der Waals surface area (Å²) in [5, 5.41) is 20.3. The van der Waals surface area contributed by atoms with E-state index in [1.165, 1.54) is 12.1 Å². The summed E-state index contributed by atoms with van der Waals surface area (Å²) in [5.74, 6) is -0.265. The summed E-state index contributed by atoms with van der Waals surface area (Å²) in [4.78, 5) is 14.6. The molecular weight excluding hydrogens is 246 g/mol. The highest BCUT2D eigenvalue weighted by molar-refractivity contribution is 5.58. The van der Waals surface area contributed by atoms with Crippen molar-refractivity contribution in [3.63, 3.8) is 0 Å². The Morgan fingerprint density at radius 1 is 1.32 bits per heavy atom. The highest BCUT2D eigenvalue weighted by Gasteiger charge is 2.19. The Kier molecular flexibility index (Phi) is 4.21. The lowest BCUT2D eigenvalue weighted by atomic mass is 10.2. The van der Waals surface area contributed by atoms with E-state index in [-0.39, 0.29) is 11.4 Å². The lowest BCUT2D eigenvalue weighted by Crippen LogP contribution is -2.46. The number of hydrogen-bond donors (Lipinski definition) is 1. The number of nitro benzene ring substituents is 1. The van der Waals surface area contributed by atoms with Crippen molar-refractivity contribution in [2.45, 2.75) is 13.3 Å². The van der Waals surface area contributed by atoms with E-state index in [0.717, 1.165) is 44.8 Å². The van der Waals surface area contributed by atoms with E-state index in [2.05, 4.69) is 16.7 Å². The Morgan fingerprint density at radius 2 is 2.00 bits per heavy atom. The van der Waals surface area contributed by atoms with Crippen molar-refractivity contribution in [2.24, 2.45) is 0 Å². The van der Waals surface area contributed by atoms with Crippen LogP contribution in [-0.4, -0.2) is 47.7 Å². The van der Waals surface area contributed by atoms with Gasteiger partial charge in [-0.1, -0.05) is 6.92 Å². The fourth-order valence-corrected chi connectivity index (χ4v) is 2.41. The largest absolute Gasteiger partial charge is 0.502 e. The molecule has 1 aliphatic rings. The molecule has 1 aliphatic heterocycles. The molecule has 1 aromatic rings. The minimum absolute atomic E-state index is 0.242. The van der Waals surface area contributed by atoms with Crippen LogP contribution < -0.4 is 4.90 Å². The molecule has 0 radical (unpaired) electrons. The van der Waals surface area contributed by atoms with Gasteiger partial charge in [0.05, 0.1) is 4.92 Å². The number of nitro groups is 1. The molecule has 104 valence electrons. The van der Waals surface area contributed by atoms with Crippen molar-refractivity contribution < 1.29 is 10.0 Å². The van der Waals surface area contributed by atoms with Gasteiger partial charge in [-0.2, -0.15) is 0 Å². The van der Waals surface area contributed by atoms with E-state index >= 15 is 0 Å². The van der Waals surface area contributed by atoms with Gasteiger partial charge in [0.1, 0.15) is 0 Å². The lowest BCUT2D eigenvalue weighted by molar-refractivity contribution is -0.385. The van der Waals surface area contributed by atoms with E-state index in [4.69, 9.17) is 0 Å². The highest BCUT2D eigenvalue weighted by Crippen LogP contribution is 2.30. The fraction of sp³-hybridized carbons (Fsp3) is 0.538. The van der Waals surface area contributed by atoms with Gasteiger partial charge in [-0.15, -0.1) is 0 Å². The first kappa shape index (κ1) is 13.6. The van der Waals surface area contributed by atoms with Crippen LogP contribution in [-0.2, 0) is 0 Å². The van der Waals surface area contributed by atoms with Crippen LogP contribution in [0.25, 0.3) is 0 Å². The second-order valence-electron chi connectivity index (χ2n) is 4.76. The smallest absolute Gasteiger partial charge is 0.310 e. The van der Waals surface area contributed by atoms with Gasteiger partial charge in [0.2, 0.25) is 0 Å². The van der Waals surface area contributed by atoms with Crippen LogP contribution in [0.5, 0.6) is 5.75 Å². The van der Waals surface area contributed by atoms with Gasteiger partial charge >= 0.3 is 5.69 Å². The van der Waals surface area contributed by atoms with Crippen molar-refractivity contribution >= 4 is 11.4 Å². The molecule has 1 fully saturated rings. The molecule has 19 heavy (non-hydrogen) atoms. The van der Waals surface area contributed by atoms with Crippen molar-refractivity contribution in [1.82, 2.24) is 4.90 Å². The van der Waals surface area contributed by atoms with Crippen LogP contribution in [0.3, 0.4) is 0 Å². The maximum atomic E-state index is 10.6. The molecule has 0 aromatic heterocycles. The Bertz CT molecular complexity index is 456. The van der Waals surface area contributed by atoms with Gasteiger partial charge in [-0.05, 0) is 19.0 Å². The number of nitrogens with zero attached hydrogens (tertiary/aromatic N) is 3. The Labute approximate surface area is 112 Å². The predicted octanol–water partition coefficient (Wildman–Crippen LogP) is 1.83.